The fourth-order valence-electron chi connectivity index (χ4n) is 5.03. The third kappa shape index (κ3) is 3.74. The molecule has 0 spiro atoms. The fourth-order valence-corrected chi connectivity index (χ4v) is 5.03. The molecule has 2 saturated heterocycles. The van der Waals surface area contributed by atoms with Crippen LogP contribution in [0.4, 0.5) is 0 Å². The first-order valence-electron chi connectivity index (χ1n) is 11.0. The monoisotopic (exact) mass is 443 g/mol. The number of benzene rings is 2. The quantitative estimate of drug-likeness (QED) is 0.655. The van der Waals surface area contributed by atoms with Crippen molar-refractivity contribution < 1.29 is 19.4 Å². The van der Waals surface area contributed by atoms with Crippen molar-refractivity contribution in [1.82, 2.24) is 14.8 Å². The Kier molecular flexibility index (Phi) is 5.56. The largest absolute Gasteiger partial charge is 0.497 e. The van der Waals surface area contributed by atoms with Gasteiger partial charge in [-0.1, -0.05) is 36.4 Å². The number of fused-ring (bicyclic) bond motifs is 1. The van der Waals surface area contributed by atoms with Crippen molar-refractivity contribution in [2.24, 2.45) is 0 Å². The summed E-state index contributed by atoms with van der Waals surface area (Å²) in [6.45, 7) is 0.351. The number of nitrogens with zero attached hydrogens (tertiary/aromatic N) is 3. The van der Waals surface area contributed by atoms with Crippen LogP contribution in [0, 0.1) is 0 Å². The Hall–Kier alpha value is -3.71. The van der Waals surface area contributed by atoms with Crippen LogP contribution in [0.5, 0.6) is 5.75 Å². The van der Waals surface area contributed by atoms with Crippen LogP contribution in [-0.4, -0.2) is 70.6 Å². The summed E-state index contributed by atoms with van der Waals surface area (Å²) in [4.78, 5) is 33.1. The highest BCUT2D eigenvalue weighted by Crippen LogP contribution is 2.43. The van der Waals surface area contributed by atoms with Gasteiger partial charge in [-0.05, 0) is 41.0 Å². The Morgan fingerprint density at radius 3 is 2.55 bits per heavy atom. The maximum Gasteiger partial charge on any atom is 0.254 e. The molecule has 2 fully saturated rings. The highest BCUT2D eigenvalue weighted by molar-refractivity contribution is 5.97. The lowest BCUT2D eigenvalue weighted by molar-refractivity contribution is -0.159. The van der Waals surface area contributed by atoms with Crippen molar-refractivity contribution in [3.8, 4) is 16.9 Å². The molecule has 3 atom stereocenters. The minimum atomic E-state index is -0.275. The zero-order chi connectivity index (χ0) is 22.9. The van der Waals surface area contributed by atoms with E-state index in [1.165, 1.54) is 0 Å². The molecule has 0 bridgehead atoms. The Labute approximate surface area is 192 Å². The molecule has 0 aliphatic carbocycles. The second-order valence-electron chi connectivity index (χ2n) is 8.42. The molecule has 3 aromatic rings. The molecule has 0 radical (unpaired) electrons. The summed E-state index contributed by atoms with van der Waals surface area (Å²) in [6, 6.07) is 19.0. The average Bonchev–Trinajstić information content (AvgIpc) is 2.85. The lowest BCUT2D eigenvalue weighted by atomic mass is 9.73. The zero-order valence-electron chi connectivity index (χ0n) is 18.3. The summed E-state index contributed by atoms with van der Waals surface area (Å²) in [5, 5.41) is 10.0. The van der Waals surface area contributed by atoms with Crippen LogP contribution in [0.2, 0.25) is 0 Å². The van der Waals surface area contributed by atoms with Crippen molar-refractivity contribution in [3.05, 3.63) is 84.2 Å². The van der Waals surface area contributed by atoms with E-state index in [0.29, 0.717) is 12.1 Å². The molecule has 1 aromatic heterocycles. The molecule has 1 N–H and O–H groups in total. The summed E-state index contributed by atoms with van der Waals surface area (Å²) in [5.74, 6) is 0.458. The lowest BCUT2D eigenvalue weighted by Crippen LogP contribution is -2.73. The number of ether oxygens (including phenoxy) is 1. The number of pyridine rings is 1. The molecule has 33 heavy (non-hydrogen) atoms. The number of piperazine rings is 1. The zero-order valence-corrected chi connectivity index (χ0v) is 18.3. The summed E-state index contributed by atoms with van der Waals surface area (Å²) in [5.41, 5.74) is 3.68. The molecular formula is C26H25N3O4. The van der Waals surface area contributed by atoms with Gasteiger partial charge in [0.25, 0.3) is 5.91 Å². The van der Waals surface area contributed by atoms with E-state index < -0.39 is 0 Å². The van der Waals surface area contributed by atoms with Crippen molar-refractivity contribution in [2.75, 3.05) is 26.8 Å². The van der Waals surface area contributed by atoms with Gasteiger partial charge in [0.15, 0.2) is 0 Å². The van der Waals surface area contributed by atoms with Crippen LogP contribution >= 0.6 is 0 Å². The molecule has 2 aromatic carbocycles. The maximum atomic E-state index is 12.9. The number of hydrogen-bond donors (Lipinski definition) is 1. The van der Waals surface area contributed by atoms with E-state index in [0.717, 1.165) is 22.4 Å². The van der Waals surface area contributed by atoms with Gasteiger partial charge in [-0.15, -0.1) is 0 Å². The van der Waals surface area contributed by atoms with E-state index >= 15 is 0 Å². The maximum absolute atomic E-state index is 12.9. The molecule has 2 aliphatic rings. The number of methoxy groups -OCH3 is 1. The number of amides is 2. The van der Waals surface area contributed by atoms with Gasteiger partial charge in [0.05, 0.1) is 25.8 Å². The lowest BCUT2D eigenvalue weighted by Gasteiger charge is -2.58. The minimum Gasteiger partial charge on any atom is -0.497 e. The topological polar surface area (TPSA) is 83.0 Å². The second kappa shape index (κ2) is 8.67. The Balaban J connectivity index is 1.38. The highest BCUT2D eigenvalue weighted by atomic mass is 16.5. The van der Waals surface area contributed by atoms with Gasteiger partial charge in [-0.2, -0.15) is 0 Å². The third-order valence-corrected chi connectivity index (χ3v) is 6.67. The standard InChI is InChI=1S/C26H25N3O4/c1-33-21-4-2-3-20(13-21)17-5-7-18(8-6-17)25-22-14-28(15-24(31)29(22)23(25)16-30)26(32)19-9-11-27-12-10-19/h2-13,22-23,25,30H,14-16H2,1H3/t22-,23-,25+/m1/s1. The predicted molar refractivity (Wildman–Crippen MR) is 123 cm³/mol. The summed E-state index contributed by atoms with van der Waals surface area (Å²) >= 11 is 0. The van der Waals surface area contributed by atoms with E-state index in [1.54, 1.807) is 41.4 Å². The second-order valence-corrected chi connectivity index (χ2v) is 8.42. The molecule has 5 rings (SSSR count). The van der Waals surface area contributed by atoms with Gasteiger partial charge >= 0.3 is 0 Å². The van der Waals surface area contributed by atoms with Crippen molar-refractivity contribution in [1.29, 1.82) is 0 Å². The molecule has 0 unspecified atom stereocenters. The fraction of sp³-hybridized carbons (Fsp3) is 0.269. The van der Waals surface area contributed by atoms with Crippen LogP contribution in [-0.2, 0) is 4.79 Å². The average molecular weight is 444 g/mol. The van der Waals surface area contributed by atoms with E-state index in [1.807, 2.05) is 48.5 Å². The van der Waals surface area contributed by atoms with Crippen molar-refractivity contribution >= 4 is 11.8 Å². The first-order chi connectivity index (χ1) is 16.1. The van der Waals surface area contributed by atoms with Crippen LogP contribution in [0.15, 0.2) is 73.1 Å². The van der Waals surface area contributed by atoms with Crippen LogP contribution < -0.4 is 4.74 Å². The number of hydrogen-bond acceptors (Lipinski definition) is 5. The molecule has 2 aliphatic heterocycles. The molecule has 7 heteroatoms. The Morgan fingerprint density at radius 1 is 1.09 bits per heavy atom. The molecule has 168 valence electrons. The SMILES string of the molecule is COc1cccc(-c2ccc([C@@H]3[C@@H](CO)N4C(=O)CN(C(=O)c5ccncc5)C[C@H]34)cc2)c1. The normalized spacial score (nSPS) is 21.9. The van der Waals surface area contributed by atoms with Crippen LogP contribution in [0.3, 0.4) is 0 Å². The van der Waals surface area contributed by atoms with Gasteiger partial charge in [-0.3, -0.25) is 14.6 Å². The number of rotatable bonds is 5. The number of carbonyl (C=O) groups excluding carboxylic acids is 2. The van der Waals surface area contributed by atoms with Gasteiger partial charge < -0.3 is 19.6 Å². The highest BCUT2D eigenvalue weighted by Gasteiger charge is 2.54. The Bertz CT molecular complexity index is 1170. The van der Waals surface area contributed by atoms with Gasteiger partial charge in [0.2, 0.25) is 5.91 Å². The minimum absolute atomic E-state index is 0.0235. The van der Waals surface area contributed by atoms with Crippen LogP contribution in [0.1, 0.15) is 21.8 Å². The van der Waals surface area contributed by atoms with Gasteiger partial charge in [0, 0.05) is 30.4 Å². The van der Waals surface area contributed by atoms with Gasteiger partial charge in [-0.25, -0.2) is 0 Å². The summed E-state index contributed by atoms with van der Waals surface area (Å²) < 4.78 is 5.32. The Morgan fingerprint density at radius 2 is 1.85 bits per heavy atom. The molecule has 3 heterocycles. The number of aliphatic hydroxyl groups is 1. The molecular weight excluding hydrogens is 418 g/mol. The van der Waals surface area contributed by atoms with Crippen LogP contribution in [0.25, 0.3) is 11.1 Å². The number of aromatic nitrogens is 1. The van der Waals surface area contributed by atoms with Crippen molar-refractivity contribution in [2.45, 2.75) is 18.0 Å². The first kappa shape index (κ1) is 21.2. The predicted octanol–water partition coefficient (Wildman–Crippen LogP) is 2.57. The molecule has 2 amide bonds. The number of carbonyl (C=O) groups is 2. The summed E-state index contributed by atoms with van der Waals surface area (Å²) in [7, 11) is 1.65. The summed E-state index contributed by atoms with van der Waals surface area (Å²) in [6.07, 6.45) is 3.15. The first-order valence-corrected chi connectivity index (χ1v) is 11.0. The van der Waals surface area contributed by atoms with Gasteiger partial charge in [0.1, 0.15) is 12.3 Å². The molecule has 7 nitrogen and oxygen atoms in total. The van der Waals surface area contributed by atoms with E-state index in [2.05, 4.69) is 4.98 Å². The smallest absolute Gasteiger partial charge is 0.254 e. The van der Waals surface area contributed by atoms with E-state index in [9.17, 15) is 14.7 Å². The van der Waals surface area contributed by atoms with Crippen molar-refractivity contribution in [3.63, 3.8) is 0 Å². The third-order valence-electron chi connectivity index (χ3n) is 6.67. The van der Waals surface area contributed by atoms with E-state index in [4.69, 9.17) is 4.74 Å². The number of aliphatic hydroxyl groups excluding tert-OH is 1. The molecule has 0 saturated carbocycles. The van der Waals surface area contributed by atoms with E-state index in [-0.39, 0.29) is 43.0 Å².